The molecule has 1 aromatic carbocycles. The molecule has 2 N–H and O–H groups in total. The number of nitrogens with two attached hydrogens (primary N) is 1. The average molecular weight is 345 g/mol. The maximum atomic E-state index is 13.2. The van der Waals surface area contributed by atoms with Crippen LogP contribution >= 0.6 is 15.9 Å². The summed E-state index contributed by atoms with van der Waals surface area (Å²) in [6.45, 7) is 5.89. The first-order valence-corrected chi connectivity index (χ1v) is 7.93. The summed E-state index contributed by atoms with van der Waals surface area (Å²) in [7, 11) is 0. The summed E-state index contributed by atoms with van der Waals surface area (Å²) in [4.78, 5) is 2.40. The van der Waals surface area contributed by atoms with Gasteiger partial charge in [0.2, 0.25) is 0 Å². The van der Waals surface area contributed by atoms with E-state index in [-0.39, 0.29) is 18.0 Å². The maximum absolute atomic E-state index is 13.2. The Bertz CT molecular complexity index is 442. The van der Waals surface area contributed by atoms with Crippen LogP contribution in [0.25, 0.3) is 0 Å². The summed E-state index contributed by atoms with van der Waals surface area (Å²) < 4.78 is 19.5. The van der Waals surface area contributed by atoms with Crippen LogP contribution in [0.4, 0.5) is 4.39 Å². The van der Waals surface area contributed by atoms with Crippen molar-refractivity contribution >= 4 is 15.9 Å². The predicted molar refractivity (Wildman–Crippen MR) is 82.3 cm³/mol. The smallest absolute Gasteiger partial charge is 0.137 e. The van der Waals surface area contributed by atoms with Gasteiger partial charge in [0.1, 0.15) is 5.82 Å². The zero-order valence-corrected chi connectivity index (χ0v) is 13.4. The van der Waals surface area contributed by atoms with Crippen molar-refractivity contribution < 1.29 is 9.13 Å². The van der Waals surface area contributed by atoms with E-state index in [0.29, 0.717) is 10.9 Å². The Morgan fingerprint density at radius 2 is 2.35 bits per heavy atom. The third-order valence-electron chi connectivity index (χ3n) is 3.65. The second kappa shape index (κ2) is 7.50. The Hall–Kier alpha value is -0.490. The molecule has 1 heterocycles. The molecule has 0 radical (unpaired) electrons. The molecule has 1 aromatic rings. The molecule has 0 bridgehead atoms. The number of hydrogen-bond donors (Lipinski definition) is 1. The van der Waals surface area contributed by atoms with Crippen LogP contribution in [0.15, 0.2) is 22.7 Å². The van der Waals surface area contributed by atoms with Gasteiger partial charge in [-0.05, 0) is 53.0 Å². The van der Waals surface area contributed by atoms with E-state index in [9.17, 15) is 4.39 Å². The first-order valence-electron chi connectivity index (χ1n) is 7.13. The summed E-state index contributed by atoms with van der Waals surface area (Å²) in [6, 6.07) is 4.98. The number of rotatable bonds is 5. The highest BCUT2D eigenvalue weighted by atomic mass is 79.9. The molecule has 0 saturated carbocycles. The lowest BCUT2D eigenvalue weighted by Crippen LogP contribution is -2.51. The summed E-state index contributed by atoms with van der Waals surface area (Å²) in [5.74, 6) is -0.245. The molecule has 3 nitrogen and oxygen atoms in total. The number of benzene rings is 1. The zero-order valence-electron chi connectivity index (χ0n) is 11.8. The van der Waals surface area contributed by atoms with Crippen molar-refractivity contribution in [2.75, 3.05) is 26.2 Å². The van der Waals surface area contributed by atoms with Gasteiger partial charge in [-0.1, -0.05) is 13.0 Å². The third-order valence-corrected chi connectivity index (χ3v) is 4.26. The average Bonchev–Trinajstić information content (AvgIpc) is 2.43. The van der Waals surface area contributed by atoms with Crippen LogP contribution in [0.5, 0.6) is 0 Å². The normalized spacial score (nSPS) is 21.9. The van der Waals surface area contributed by atoms with Gasteiger partial charge in [0.25, 0.3) is 0 Å². The van der Waals surface area contributed by atoms with E-state index in [4.69, 9.17) is 10.5 Å². The number of nitrogens with zero attached hydrogens (tertiary/aromatic N) is 1. The van der Waals surface area contributed by atoms with Crippen molar-refractivity contribution in [1.29, 1.82) is 0 Å². The second-order valence-corrected chi connectivity index (χ2v) is 6.18. The summed E-state index contributed by atoms with van der Waals surface area (Å²) in [6.07, 6.45) is 1.90. The SMILES string of the molecule is CCCN1CCOC(C(N)Cc2ccc(F)c(Br)c2)C1. The number of morpholine rings is 1. The largest absolute Gasteiger partial charge is 0.374 e. The fraction of sp³-hybridized carbons (Fsp3) is 0.600. The molecule has 5 heteroatoms. The molecule has 20 heavy (non-hydrogen) atoms. The minimum Gasteiger partial charge on any atom is -0.374 e. The van der Waals surface area contributed by atoms with Crippen molar-refractivity contribution in [3.05, 3.63) is 34.1 Å². The molecule has 1 aliphatic rings. The highest BCUT2D eigenvalue weighted by molar-refractivity contribution is 9.10. The van der Waals surface area contributed by atoms with Crippen LogP contribution in [0.1, 0.15) is 18.9 Å². The quantitative estimate of drug-likeness (QED) is 0.892. The van der Waals surface area contributed by atoms with Gasteiger partial charge in [-0.3, -0.25) is 4.90 Å². The lowest BCUT2D eigenvalue weighted by molar-refractivity contribution is -0.0400. The maximum Gasteiger partial charge on any atom is 0.137 e. The lowest BCUT2D eigenvalue weighted by atomic mass is 10.0. The van der Waals surface area contributed by atoms with Crippen LogP contribution < -0.4 is 5.73 Å². The Labute approximate surface area is 128 Å². The lowest BCUT2D eigenvalue weighted by Gasteiger charge is -2.35. The van der Waals surface area contributed by atoms with Gasteiger partial charge in [-0.2, -0.15) is 0 Å². The monoisotopic (exact) mass is 344 g/mol. The van der Waals surface area contributed by atoms with E-state index < -0.39 is 0 Å². The Balaban J connectivity index is 1.93. The standard InChI is InChI=1S/C15H22BrFN2O/c1-2-5-19-6-7-20-15(10-19)14(18)9-11-3-4-13(17)12(16)8-11/h3-4,8,14-15H,2,5-7,9-10,18H2,1H3. The van der Waals surface area contributed by atoms with Crippen molar-refractivity contribution in [2.45, 2.75) is 31.9 Å². The second-order valence-electron chi connectivity index (χ2n) is 5.33. The van der Waals surface area contributed by atoms with E-state index in [1.807, 2.05) is 0 Å². The van der Waals surface area contributed by atoms with Gasteiger partial charge < -0.3 is 10.5 Å². The van der Waals surface area contributed by atoms with Gasteiger partial charge in [-0.15, -0.1) is 0 Å². The predicted octanol–water partition coefficient (Wildman–Crippen LogP) is 2.57. The molecule has 0 spiro atoms. The van der Waals surface area contributed by atoms with Gasteiger partial charge in [0.05, 0.1) is 17.2 Å². The van der Waals surface area contributed by atoms with E-state index in [1.165, 1.54) is 6.07 Å². The van der Waals surface area contributed by atoms with Crippen molar-refractivity contribution in [2.24, 2.45) is 5.73 Å². The number of halogens is 2. The third kappa shape index (κ3) is 4.25. The van der Waals surface area contributed by atoms with Crippen LogP contribution in [0, 0.1) is 5.82 Å². The van der Waals surface area contributed by atoms with Gasteiger partial charge >= 0.3 is 0 Å². The molecule has 2 atom stereocenters. The van der Waals surface area contributed by atoms with Gasteiger partial charge in [0, 0.05) is 19.1 Å². The Kier molecular flexibility index (Phi) is 5.96. The fourth-order valence-electron chi connectivity index (χ4n) is 2.58. The Morgan fingerprint density at radius 1 is 1.55 bits per heavy atom. The molecule has 2 unspecified atom stereocenters. The number of ether oxygens (including phenoxy) is 1. The summed E-state index contributed by atoms with van der Waals surface area (Å²) in [5, 5.41) is 0. The van der Waals surface area contributed by atoms with E-state index in [2.05, 4.69) is 27.8 Å². The van der Waals surface area contributed by atoms with Crippen LogP contribution in [0.2, 0.25) is 0 Å². The van der Waals surface area contributed by atoms with Crippen LogP contribution in [0.3, 0.4) is 0 Å². The van der Waals surface area contributed by atoms with Crippen molar-refractivity contribution in [3.63, 3.8) is 0 Å². The fourth-order valence-corrected chi connectivity index (χ4v) is 3.01. The summed E-state index contributed by atoms with van der Waals surface area (Å²) >= 11 is 3.21. The van der Waals surface area contributed by atoms with Gasteiger partial charge in [0.15, 0.2) is 0 Å². The molecule has 0 aromatic heterocycles. The van der Waals surface area contributed by atoms with Gasteiger partial charge in [-0.25, -0.2) is 4.39 Å². The van der Waals surface area contributed by atoms with E-state index in [1.54, 1.807) is 12.1 Å². The molecular weight excluding hydrogens is 323 g/mol. The first-order chi connectivity index (χ1) is 9.60. The van der Waals surface area contributed by atoms with Crippen molar-refractivity contribution in [1.82, 2.24) is 4.90 Å². The highest BCUT2D eigenvalue weighted by Gasteiger charge is 2.25. The van der Waals surface area contributed by atoms with E-state index in [0.717, 1.165) is 38.2 Å². The molecule has 0 aliphatic carbocycles. The molecule has 1 saturated heterocycles. The molecular formula is C15H22BrFN2O. The minimum absolute atomic E-state index is 0.0547. The molecule has 1 aliphatic heterocycles. The molecule has 0 amide bonds. The Morgan fingerprint density at radius 3 is 3.05 bits per heavy atom. The van der Waals surface area contributed by atoms with Crippen LogP contribution in [-0.4, -0.2) is 43.3 Å². The highest BCUT2D eigenvalue weighted by Crippen LogP contribution is 2.19. The molecule has 2 rings (SSSR count). The van der Waals surface area contributed by atoms with E-state index >= 15 is 0 Å². The summed E-state index contributed by atoms with van der Waals surface area (Å²) in [5.41, 5.74) is 7.30. The minimum atomic E-state index is -0.245. The zero-order chi connectivity index (χ0) is 14.5. The first kappa shape index (κ1) is 15.9. The topological polar surface area (TPSA) is 38.5 Å². The molecule has 112 valence electrons. The number of hydrogen-bond acceptors (Lipinski definition) is 3. The van der Waals surface area contributed by atoms with Crippen LogP contribution in [-0.2, 0) is 11.2 Å². The molecule has 1 fully saturated rings. The van der Waals surface area contributed by atoms with Crippen molar-refractivity contribution in [3.8, 4) is 0 Å².